The molecule has 2 amide bonds. The van der Waals surface area contributed by atoms with E-state index in [1.54, 1.807) is 44.3 Å². The number of nitrogens with zero attached hydrogens (tertiary/aromatic N) is 2. The van der Waals surface area contributed by atoms with E-state index in [4.69, 9.17) is 5.73 Å². The summed E-state index contributed by atoms with van der Waals surface area (Å²) in [5.74, 6) is -1.10. The highest BCUT2D eigenvalue weighted by molar-refractivity contribution is 6.02. The van der Waals surface area contributed by atoms with Crippen LogP contribution in [0.25, 0.3) is 0 Å². The highest BCUT2D eigenvalue weighted by atomic mass is 35.5. The molecule has 2 aromatic carbocycles. The van der Waals surface area contributed by atoms with Crippen LogP contribution in [-0.4, -0.2) is 36.3 Å². The molecule has 7 heteroatoms. The largest absolute Gasteiger partial charge is 0.332 e. The summed E-state index contributed by atoms with van der Waals surface area (Å²) in [7, 11) is 1.57. The minimum atomic E-state index is -1.25. The van der Waals surface area contributed by atoms with Crippen LogP contribution in [0, 0.1) is 5.82 Å². The van der Waals surface area contributed by atoms with Crippen molar-refractivity contribution in [3.05, 3.63) is 66.0 Å². The number of hydrogen-bond acceptors (Lipinski definition) is 3. The number of likely N-dealkylation sites (N-methyl/N-ethyl adjacent to an activating group) is 1. The third-order valence-corrected chi connectivity index (χ3v) is 4.93. The molecule has 2 N–H and O–H groups in total. The van der Waals surface area contributed by atoms with Crippen LogP contribution in [0.15, 0.2) is 54.6 Å². The van der Waals surface area contributed by atoms with Crippen LogP contribution in [-0.2, 0) is 15.1 Å². The Bertz CT molecular complexity index is 829. The van der Waals surface area contributed by atoms with Gasteiger partial charge in [-0.25, -0.2) is 4.39 Å². The van der Waals surface area contributed by atoms with E-state index in [2.05, 4.69) is 0 Å². The molecule has 27 heavy (non-hydrogen) atoms. The van der Waals surface area contributed by atoms with Crippen molar-refractivity contribution in [3.8, 4) is 0 Å². The van der Waals surface area contributed by atoms with Gasteiger partial charge in [0.1, 0.15) is 17.4 Å². The maximum Gasteiger partial charge on any atom is 0.249 e. The zero-order chi connectivity index (χ0) is 18.9. The second kappa shape index (κ2) is 8.06. The molecular weight excluding hydrogens is 369 g/mol. The molecule has 1 aliphatic rings. The standard InChI is InChI=1S/C20H22FN3O2.ClH/c1-20(22,14-8-4-3-5-9-14)19(26)23(2)17-12-13-24(18(17)25)16-11-7-6-10-15(16)21;/h3-11,17H,12-13,22H2,1-2H3;1H. The summed E-state index contributed by atoms with van der Waals surface area (Å²) in [6.45, 7) is 1.99. The van der Waals surface area contributed by atoms with E-state index in [0.29, 0.717) is 18.5 Å². The Morgan fingerprint density at radius 2 is 1.78 bits per heavy atom. The summed E-state index contributed by atoms with van der Waals surface area (Å²) in [6.07, 6.45) is 0.431. The number of halogens is 2. The summed E-state index contributed by atoms with van der Waals surface area (Å²) in [6, 6.07) is 14.5. The summed E-state index contributed by atoms with van der Waals surface area (Å²) < 4.78 is 14.0. The number of benzene rings is 2. The fourth-order valence-corrected chi connectivity index (χ4v) is 3.35. The van der Waals surface area contributed by atoms with Gasteiger partial charge in [-0.2, -0.15) is 0 Å². The molecule has 0 aliphatic carbocycles. The van der Waals surface area contributed by atoms with E-state index in [-0.39, 0.29) is 29.9 Å². The molecule has 1 fully saturated rings. The smallest absolute Gasteiger partial charge is 0.249 e. The van der Waals surface area contributed by atoms with E-state index in [0.717, 1.165) is 0 Å². The number of carbonyl (C=O) groups is 2. The van der Waals surface area contributed by atoms with Crippen molar-refractivity contribution in [1.82, 2.24) is 4.90 Å². The van der Waals surface area contributed by atoms with Crippen LogP contribution in [0.5, 0.6) is 0 Å². The first-order valence-electron chi connectivity index (χ1n) is 8.51. The Kier molecular flexibility index (Phi) is 6.23. The van der Waals surface area contributed by atoms with E-state index < -0.39 is 17.4 Å². The molecule has 1 heterocycles. The molecule has 5 nitrogen and oxygen atoms in total. The SMILES string of the molecule is CN(C(=O)C(C)(N)c1ccccc1)C1CCN(c2ccccc2F)C1=O.Cl. The predicted molar refractivity (Wildman–Crippen MR) is 105 cm³/mol. The van der Waals surface area contributed by atoms with Crippen molar-refractivity contribution in [2.45, 2.75) is 24.9 Å². The van der Waals surface area contributed by atoms with Gasteiger partial charge in [0.2, 0.25) is 11.8 Å². The maximum atomic E-state index is 14.0. The van der Waals surface area contributed by atoms with Gasteiger partial charge in [0.15, 0.2) is 0 Å². The molecule has 144 valence electrons. The molecule has 2 unspecified atom stereocenters. The average Bonchev–Trinajstić information content (AvgIpc) is 3.03. The van der Waals surface area contributed by atoms with Gasteiger partial charge in [-0.1, -0.05) is 42.5 Å². The molecule has 1 saturated heterocycles. The van der Waals surface area contributed by atoms with Crippen molar-refractivity contribution in [2.75, 3.05) is 18.5 Å². The lowest BCUT2D eigenvalue weighted by atomic mass is 9.91. The Balaban J connectivity index is 0.00000261. The van der Waals surface area contributed by atoms with Gasteiger partial charge in [-0.3, -0.25) is 9.59 Å². The van der Waals surface area contributed by atoms with Gasteiger partial charge < -0.3 is 15.5 Å². The number of rotatable bonds is 4. The minimum absolute atomic E-state index is 0. The molecule has 0 saturated carbocycles. The third kappa shape index (κ3) is 3.82. The lowest BCUT2D eigenvalue weighted by molar-refractivity contribution is -0.141. The second-order valence-corrected chi connectivity index (χ2v) is 6.73. The Morgan fingerprint density at radius 3 is 2.41 bits per heavy atom. The molecule has 0 aromatic heterocycles. The molecule has 0 bridgehead atoms. The fourth-order valence-electron chi connectivity index (χ4n) is 3.35. The Hall–Kier alpha value is -2.44. The number of hydrogen-bond donors (Lipinski definition) is 1. The van der Waals surface area contributed by atoms with Crippen LogP contribution in [0.4, 0.5) is 10.1 Å². The van der Waals surface area contributed by atoms with E-state index in [9.17, 15) is 14.0 Å². The van der Waals surface area contributed by atoms with Gasteiger partial charge in [0, 0.05) is 13.6 Å². The lowest BCUT2D eigenvalue weighted by Gasteiger charge is -2.32. The van der Waals surface area contributed by atoms with Crippen LogP contribution < -0.4 is 10.6 Å². The minimum Gasteiger partial charge on any atom is -0.332 e. The maximum absolute atomic E-state index is 14.0. The molecule has 2 atom stereocenters. The van der Waals surface area contributed by atoms with Crippen LogP contribution in [0.1, 0.15) is 18.9 Å². The van der Waals surface area contributed by atoms with Crippen molar-refractivity contribution >= 4 is 29.9 Å². The summed E-state index contributed by atoms with van der Waals surface area (Å²) in [5, 5.41) is 0. The molecule has 0 radical (unpaired) electrons. The average molecular weight is 392 g/mol. The first-order chi connectivity index (χ1) is 12.3. The normalized spacial score (nSPS) is 18.6. The predicted octanol–water partition coefficient (Wildman–Crippen LogP) is 2.69. The highest BCUT2D eigenvalue weighted by Crippen LogP contribution is 2.28. The first-order valence-corrected chi connectivity index (χ1v) is 8.51. The second-order valence-electron chi connectivity index (χ2n) is 6.73. The van der Waals surface area contributed by atoms with Crippen LogP contribution >= 0.6 is 12.4 Å². The Morgan fingerprint density at radius 1 is 1.19 bits per heavy atom. The van der Waals surface area contributed by atoms with E-state index in [1.807, 2.05) is 18.2 Å². The zero-order valence-corrected chi connectivity index (χ0v) is 16.1. The molecule has 1 aliphatic heterocycles. The van der Waals surface area contributed by atoms with Crippen LogP contribution in [0.2, 0.25) is 0 Å². The monoisotopic (exact) mass is 391 g/mol. The highest BCUT2D eigenvalue weighted by Gasteiger charge is 2.42. The van der Waals surface area contributed by atoms with Crippen molar-refractivity contribution in [2.24, 2.45) is 5.73 Å². The van der Waals surface area contributed by atoms with Gasteiger partial charge in [-0.05, 0) is 31.0 Å². The van der Waals surface area contributed by atoms with E-state index in [1.165, 1.54) is 15.9 Å². The number of carbonyl (C=O) groups excluding carboxylic acids is 2. The zero-order valence-electron chi connectivity index (χ0n) is 15.3. The third-order valence-electron chi connectivity index (χ3n) is 4.93. The molecule has 0 spiro atoms. The quantitative estimate of drug-likeness (QED) is 0.871. The topological polar surface area (TPSA) is 66.6 Å². The number of anilines is 1. The van der Waals surface area contributed by atoms with Crippen molar-refractivity contribution in [1.29, 1.82) is 0 Å². The van der Waals surface area contributed by atoms with Crippen molar-refractivity contribution in [3.63, 3.8) is 0 Å². The van der Waals surface area contributed by atoms with Gasteiger partial charge in [0.25, 0.3) is 0 Å². The van der Waals surface area contributed by atoms with Gasteiger partial charge in [0.05, 0.1) is 5.69 Å². The number of nitrogens with two attached hydrogens (primary N) is 1. The number of amides is 2. The summed E-state index contributed by atoms with van der Waals surface area (Å²) in [4.78, 5) is 28.5. The first kappa shape index (κ1) is 20.9. The molecule has 3 rings (SSSR count). The molecular formula is C20H23ClFN3O2. The summed E-state index contributed by atoms with van der Waals surface area (Å²) in [5.41, 5.74) is 5.95. The van der Waals surface area contributed by atoms with Gasteiger partial charge >= 0.3 is 0 Å². The number of para-hydroxylation sites is 1. The van der Waals surface area contributed by atoms with Crippen molar-refractivity contribution < 1.29 is 14.0 Å². The summed E-state index contributed by atoms with van der Waals surface area (Å²) >= 11 is 0. The Labute approximate surface area is 164 Å². The lowest BCUT2D eigenvalue weighted by Crippen LogP contribution is -2.54. The van der Waals surface area contributed by atoms with E-state index >= 15 is 0 Å². The fraction of sp³-hybridized carbons (Fsp3) is 0.300. The van der Waals surface area contributed by atoms with Gasteiger partial charge in [-0.15, -0.1) is 12.4 Å². The molecule has 2 aromatic rings. The van der Waals surface area contributed by atoms with Crippen LogP contribution in [0.3, 0.4) is 0 Å².